The summed E-state index contributed by atoms with van der Waals surface area (Å²) in [6.07, 6.45) is 2.25. The molecule has 4 aliphatic rings. The van der Waals surface area contributed by atoms with Crippen LogP contribution in [-0.4, -0.2) is 78.1 Å². The van der Waals surface area contributed by atoms with Gasteiger partial charge in [0.2, 0.25) is 5.91 Å². The van der Waals surface area contributed by atoms with Gasteiger partial charge in [-0.25, -0.2) is 4.79 Å². The van der Waals surface area contributed by atoms with Crippen molar-refractivity contribution in [3.05, 3.63) is 0 Å². The van der Waals surface area contributed by atoms with Crippen molar-refractivity contribution < 1.29 is 14.3 Å². The molecular weight excluding hydrogens is 330 g/mol. The van der Waals surface area contributed by atoms with Gasteiger partial charge in [0.25, 0.3) is 0 Å². The zero-order chi connectivity index (χ0) is 18.6. The fourth-order valence-corrected chi connectivity index (χ4v) is 5.75. The maximum absolute atomic E-state index is 12.7. The summed E-state index contributed by atoms with van der Waals surface area (Å²) in [5.74, 6) is 1.84. The number of ether oxygens (including phenoxy) is 1. The summed E-state index contributed by atoms with van der Waals surface area (Å²) in [4.78, 5) is 30.9. The lowest BCUT2D eigenvalue weighted by atomic mass is 9.60. The minimum absolute atomic E-state index is 0.157. The summed E-state index contributed by atoms with van der Waals surface area (Å²) in [6.45, 7) is 13.3. The number of carbonyl (C=O) groups is 2. The minimum atomic E-state index is -0.157. The Balaban J connectivity index is 1.21. The highest BCUT2D eigenvalue weighted by Gasteiger charge is 2.63. The Hall–Kier alpha value is -1.30. The summed E-state index contributed by atoms with van der Waals surface area (Å²) < 4.78 is 5.07. The molecule has 6 heteroatoms. The number of nitrogens with zero attached hydrogens (tertiary/aromatic N) is 3. The second-order valence-corrected chi connectivity index (χ2v) is 9.14. The van der Waals surface area contributed by atoms with Crippen molar-refractivity contribution in [2.45, 2.75) is 52.6 Å². The molecule has 0 bridgehead atoms. The molecule has 0 aromatic heterocycles. The lowest BCUT2D eigenvalue weighted by molar-refractivity contribution is -0.135. The van der Waals surface area contributed by atoms with E-state index in [4.69, 9.17) is 4.74 Å². The SMILES string of the molecule is CCOC(=O)N1CC2(CC(N3CC4C(C3)C4C(=O)N(CC)C(C)C)C2)C1. The van der Waals surface area contributed by atoms with Crippen LogP contribution in [0, 0.1) is 23.2 Å². The van der Waals surface area contributed by atoms with E-state index in [2.05, 4.69) is 25.7 Å². The van der Waals surface area contributed by atoms with Crippen LogP contribution in [-0.2, 0) is 9.53 Å². The van der Waals surface area contributed by atoms with Gasteiger partial charge in [0, 0.05) is 56.1 Å². The van der Waals surface area contributed by atoms with Gasteiger partial charge in [-0.3, -0.25) is 9.69 Å². The number of hydrogen-bond acceptors (Lipinski definition) is 4. The van der Waals surface area contributed by atoms with Gasteiger partial charge < -0.3 is 14.5 Å². The van der Waals surface area contributed by atoms with Crippen molar-refractivity contribution in [2.75, 3.05) is 39.3 Å². The molecule has 1 spiro atoms. The molecule has 4 fully saturated rings. The van der Waals surface area contributed by atoms with Gasteiger partial charge in [0.05, 0.1) is 6.61 Å². The third-order valence-electron chi connectivity index (χ3n) is 7.19. The van der Waals surface area contributed by atoms with Gasteiger partial charge >= 0.3 is 6.09 Å². The molecule has 2 saturated carbocycles. The summed E-state index contributed by atoms with van der Waals surface area (Å²) >= 11 is 0. The quantitative estimate of drug-likeness (QED) is 0.750. The first-order valence-electron chi connectivity index (χ1n) is 10.4. The molecule has 146 valence electrons. The molecule has 0 aromatic rings. The van der Waals surface area contributed by atoms with Crippen LogP contribution >= 0.6 is 0 Å². The first-order valence-corrected chi connectivity index (χ1v) is 10.4. The largest absolute Gasteiger partial charge is 0.450 e. The Bertz CT molecular complexity index is 567. The monoisotopic (exact) mass is 363 g/mol. The Morgan fingerprint density at radius 1 is 1.15 bits per heavy atom. The zero-order valence-electron chi connectivity index (χ0n) is 16.6. The summed E-state index contributed by atoms with van der Waals surface area (Å²) in [5, 5.41) is 0. The van der Waals surface area contributed by atoms with E-state index in [0.717, 1.165) is 32.7 Å². The Labute approximate surface area is 156 Å². The fraction of sp³-hybridized carbons (Fsp3) is 0.900. The van der Waals surface area contributed by atoms with E-state index in [1.54, 1.807) is 0 Å². The summed E-state index contributed by atoms with van der Waals surface area (Å²) in [6, 6.07) is 0.965. The van der Waals surface area contributed by atoms with Crippen LogP contribution in [0.2, 0.25) is 0 Å². The molecule has 4 rings (SSSR count). The molecule has 26 heavy (non-hydrogen) atoms. The van der Waals surface area contributed by atoms with E-state index in [1.165, 1.54) is 12.8 Å². The van der Waals surface area contributed by atoms with E-state index in [-0.39, 0.29) is 12.0 Å². The van der Waals surface area contributed by atoms with Crippen LogP contribution in [0.4, 0.5) is 4.79 Å². The van der Waals surface area contributed by atoms with Crippen LogP contribution in [0.1, 0.15) is 40.5 Å². The molecule has 2 aliphatic heterocycles. The van der Waals surface area contributed by atoms with Crippen LogP contribution < -0.4 is 0 Å². The Kier molecular flexibility index (Phi) is 4.45. The third kappa shape index (κ3) is 2.81. The molecule has 2 atom stereocenters. The highest BCUT2D eigenvalue weighted by atomic mass is 16.6. The van der Waals surface area contributed by atoms with E-state index < -0.39 is 0 Å². The third-order valence-corrected chi connectivity index (χ3v) is 7.19. The Morgan fingerprint density at radius 3 is 2.27 bits per heavy atom. The Morgan fingerprint density at radius 2 is 1.77 bits per heavy atom. The predicted molar refractivity (Wildman–Crippen MR) is 98.6 cm³/mol. The average Bonchev–Trinajstić information content (AvgIpc) is 3.00. The molecule has 6 nitrogen and oxygen atoms in total. The number of rotatable bonds is 5. The normalized spacial score (nSPS) is 32.2. The summed E-state index contributed by atoms with van der Waals surface area (Å²) in [5.41, 5.74) is 0.357. The molecule has 2 unspecified atom stereocenters. The van der Waals surface area contributed by atoms with Gasteiger partial charge in [-0.15, -0.1) is 0 Å². The molecule has 2 saturated heterocycles. The summed E-state index contributed by atoms with van der Waals surface area (Å²) in [7, 11) is 0. The highest BCUT2D eigenvalue weighted by molar-refractivity contribution is 5.83. The predicted octanol–water partition coefficient (Wildman–Crippen LogP) is 2.04. The smallest absolute Gasteiger partial charge is 0.409 e. The van der Waals surface area contributed by atoms with E-state index in [1.807, 2.05) is 16.7 Å². The minimum Gasteiger partial charge on any atom is -0.450 e. The molecule has 2 aliphatic carbocycles. The van der Waals surface area contributed by atoms with Gasteiger partial charge in [0.15, 0.2) is 0 Å². The van der Waals surface area contributed by atoms with Crippen molar-refractivity contribution in [1.82, 2.24) is 14.7 Å². The maximum Gasteiger partial charge on any atom is 0.409 e. The molecule has 0 radical (unpaired) electrons. The molecular formula is C20H33N3O3. The maximum atomic E-state index is 12.7. The first-order chi connectivity index (χ1) is 12.4. The standard InChI is InChI=1S/C20H33N3O3/c1-5-23(13(3)4)18(24)17-15-9-21(10-16(15)17)14-7-20(8-14)11-22(12-20)19(25)26-6-2/h13-17H,5-12H2,1-4H3. The number of piperidine rings is 1. The average molecular weight is 364 g/mol. The van der Waals surface area contributed by atoms with E-state index in [9.17, 15) is 9.59 Å². The number of carbonyl (C=O) groups excluding carboxylic acids is 2. The zero-order valence-corrected chi connectivity index (χ0v) is 16.6. The molecule has 2 amide bonds. The van der Waals surface area contributed by atoms with Crippen molar-refractivity contribution in [3.63, 3.8) is 0 Å². The van der Waals surface area contributed by atoms with Crippen LogP contribution in [0.25, 0.3) is 0 Å². The number of likely N-dealkylation sites (tertiary alicyclic amines) is 2. The molecule has 2 heterocycles. The van der Waals surface area contributed by atoms with Gasteiger partial charge in [-0.1, -0.05) is 0 Å². The second-order valence-electron chi connectivity index (χ2n) is 9.14. The molecule has 0 N–H and O–H groups in total. The van der Waals surface area contributed by atoms with Crippen LogP contribution in [0.5, 0.6) is 0 Å². The van der Waals surface area contributed by atoms with Gasteiger partial charge in [0.1, 0.15) is 0 Å². The van der Waals surface area contributed by atoms with Crippen molar-refractivity contribution in [3.8, 4) is 0 Å². The van der Waals surface area contributed by atoms with Crippen molar-refractivity contribution in [2.24, 2.45) is 23.2 Å². The van der Waals surface area contributed by atoms with Crippen molar-refractivity contribution in [1.29, 1.82) is 0 Å². The number of amides is 2. The number of hydrogen-bond donors (Lipinski definition) is 0. The number of fused-ring (bicyclic) bond motifs is 1. The first kappa shape index (κ1) is 18.1. The van der Waals surface area contributed by atoms with E-state index in [0.29, 0.717) is 41.8 Å². The fourth-order valence-electron chi connectivity index (χ4n) is 5.75. The van der Waals surface area contributed by atoms with Crippen LogP contribution in [0.15, 0.2) is 0 Å². The van der Waals surface area contributed by atoms with Crippen LogP contribution in [0.3, 0.4) is 0 Å². The molecule has 0 aromatic carbocycles. The highest BCUT2D eigenvalue weighted by Crippen LogP contribution is 2.57. The lowest BCUT2D eigenvalue weighted by Crippen LogP contribution is -2.67. The van der Waals surface area contributed by atoms with Crippen molar-refractivity contribution >= 4 is 12.0 Å². The van der Waals surface area contributed by atoms with Gasteiger partial charge in [-0.05, 0) is 52.4 Å². The second kappa shape index (κ2) is 6.39. The van der Waals surface area contributed by atoms with Gasteiger partial charge in [-0.2, -0.15) is 0 Å². The van der Waals surface area contributed by atoms with E-state index >= 15 is 0 Å². The lowest BCUT2D eigenvalue weighted by Gasteiger charge is -2.60. The topological polar surface area (TPSA) is 53.1 Å².